The van der Waals surface area contributed by atoms with Crippen LogP contribution in [0.1, 0.15) is 19.8 Å². The summed E-state index contributed by atoms with van der Waals surface area (Å²) in [5.74, 6) is -0.604. The Morgan fingerprint density at radius 1 is 1.53 bits per heavy atom. The number of nitrogens with zero attached hydrogens (tertiary/aromatic N) is 1. The summed E-state index contributed by atoms with van der Waals surface area (Å²) < 4.78 is 10.8. The minimum atomic E-state index is -1.12. The Kier molecular flexibility index (Phi) is 4.50. The summed E-state index contributed by atoms with van der Waals surface area (Å²) in [6, 6.07) is -0.391. The minimum Gasteiger partial charge on any atom is -0.480 e. The van der Waals surface area contributed by atoms with E-state index in [1.807, 2.05) is 0 Å². The third-order valence-corrected chi connectivity index (χ3v) is 3.79. The average Bonchev–Trinajstić information content (AvgIpc) is 2.61. The van der Waals surface area contributed by atoms with Gasteiger partial charge in [0.05, 0.1) is 0 Å². The molecule has 0 aromatic rings. The number of carboxylic acids is 1. The summed E-state index contributed by atoms with van der Waals surface area (Å²) >= 11 is 0. The highest BCUT2D eigenvalue weighted by molar-refractivity contribution is 7.84. The molecule has 1 saturated heterocycles. The molecule has 98 valence electrons. The zero-order valence-corrected chi connectivity index (χ0v) is 10.9. The molecule has 17 heavy (non-hydrogen) atoms. The van der Waals surface area contributed by atoms with Crippen LogP contribution in [0.3, 0.4) is 0 Å². The van der Waals surface area contributed by atoms with Crippen molar-refractivity contribution >= 4 is 22.8 Å². The first-order valence-electron chi connectivity index (χ1n) is 5.47. The van der Waals surface area contributed by atoms with Crippen LogP contribution in [0.15, 0.2) is 0 Å². The van der Waals surface area contributed by atoms with Gasteiger partial charge in [-0.15, -0.1) is 0 Å². The van der Waals surface area contributed by atoms with Crippen LogP contribution in [0.5, 0.6) is 0 Å². The van der Waals surface area contributed by atoms with Crippen LogP contribution in [-0.2, 0) is 15.6 Å². The summed E-state index contributed by atoms with van der Waals surface area (Å²) in [6.07, 6.45) is 2.72. The highest BCUT2D eigenvalue weighted by Crippen LogP contribution is 2.28. The van der Waals surface area contributed by atoms with E-state index >= 15 is 0 Å². The van der Waals surface area contributed by atoms with E-state index in [1.54, 1.807) is 13.2 Å². The Bertz CT molecular complexity index is 347. The predicted molar refractivity (Wildman–Crippen MR) is 64.3 cm³/mol. The second-order valence-corrected chi connectivity index (χ2v) is 5.90. The van der Waals surface area contributed by atoms with Gasteiger partial charge in [-0.2, -0.15) is 0 Å². The Balaban J connectivity index is 2.56. The maximum atomic E-state index is 11.8. The number of carbonyl (C=O) groups is 2. The van der Waals surface area contributed by atoms with Crippen molar-refractivity contribution in [3.05, 3.63) is 0 Å². The largest absolute Gasteiger partial charge is 0.480 e. The lowest BCUT2D eigenvalue weighted by Crippen LogP contribution is -2.54. The van der Waals surface area contributed by atoms with E-state index in [0.29, 0.717) is 31.7 Å². The van der Waals surface area contributed by atoms with Crippen molar-refractivity contribution in [2.45, 2.75) is 25.3 Å². The number of amides is 2. The smallest absolute Gasteiger partial charge is 0.329 e. The van der Waals surface area contributed by atoms with Crippen molar-refractivity contribution < 1.29 is 18.9 Å². The van der Waals surface area contributed by atoms with E-state index in [0.717, 1.165) is 0 Å². The van der Waals surface area contributed by atoms with Crippen LogP contribution in [-0.4, -0.2) is 56.9 Å². The van der Waals surface area contributed by atoms with E-state index in [9.17, 15) is 13.8 Å². The molecule has 1 rings (SSSR count). The van der Waals surface area contributed by atoms with Crippen molar-refractivity contribution in [3.63, 3.8) is 0 Å². The van der Waals surface area contributed by atoms with Crippen LogP contribution in [0.2, 0.25) is 0 Å². The van der Waals surface area contributed by atoms with Gasteiger partial charge in [0.2, 0.25) is 0 Å². The number of rotatable bonds is 4. The van der Waals surface area contributed by atoms with Crippen molar-refractivity contribution in [2.24, 2.45) is 0 Å². The van der Waals surface area contributed by atoms with Crippen LogP contribution in [0, 0.1) is 0 Å². The van der Waals surface area contributed by atoms with Crippen molar-refractivity contribution in [1.29, 1.82) is 0 Å². The third-order valence-electron chi connectivity index (χ3n) is 3.01. The molecule has 0 bridgehead atoms. The summed E-state index contributed by atoms with van der Waals surface area (Å²) in [4.78, 5) is 24.3. The number of carboxylic acid groups (broad SMARTS) is 1. The van der Waals surface area contributed by atoms with Gasteiger partial charge in [0.1, 0.15) is 5.54 Å². The van der Waals surface area contributed by atoms with Gasteiger partial charge in [-0.3, -0.25) is 4.21 Å². The number of nitrogens with one attached hydrogen (secondary N) is 1. The number of urea groups is 1. The Morgan fingerprint density at radius 3 is 2.71 bits per heavy atom. The Labute approximate surface area is 103 Å². The molecule has 7 heteroatoms. The molecule has 6 nitrogen and oxygen atoms in total. The molecule has 0 saturated carbocycles. The lowest BCUT2D eigenvalue weighted by atomic mass is 10.00. The molecule has 2 amide bonds. The molecule has 1 fully saturated rings. The fraction of sp³-hybridized carbons (Fsp3) is 0.800. The van der Waals surface area contributed by atoms with E-state index in [1.165, 1.54) is 4.90 Å². The lowest BCUT2D eigenvalue weighted by molar-refractivity contribution is -0.147. The summed E-state index contributed by atoms with van der Waals surface area (Å²) in [5, 5.41) is 11.7. The monoisotopic (exact) mass is 262 g/mol. The van der Waals surface area contributed by atoms with Gasteiger partial charge < -0.3 is 15.3 Å². The maximum Gasteiger partial charge on any atom is 0.329 e. The third kappa shape index (κ3) is 3.18. The molecule has 0 aromatic carbocycles. The van der Waals surface area contributed by atoms with Gasteiger partial charge in [0.15, 0.2) is 0 Å². The number of likely N-dealkylation sites (tertiary alicyclic amines) is 1. The zero-order chi connectivity index (χ0) is 13.1. The standard InChI is InChI=1S/C10H18N2O4S/c1-10(8(13)14)4-3-6-12(10)9(15)11-5-7-17(2)16/h3-7H2,1-2H3,(H,11,15)(H,13,14). The molecular weight excluding hydrogens is 244 g/mol. The molecule has 2 unspecified atom stereocenters. The summed E-state index contributed by atoms with van der Waals surface area (Å²) in [6.45, 7) is 2.30. The zero-order valence-electron chi connectivity index (χ0n) is 10.1. The van der Waals surface area contributed by atoms with Crippen molar-refractivity contribution in [2.75, 3.05) is 25.1 Å². The fourth-order valence-corrected chi connectivity index (χ4v) is 2.30. The average molecular weight is 262 g/mol. The van der Waals surface area contributed by atoms with Gasteiger partial charge in [-0.05, 0) is 19.8 Å². The topological polar surface area (TPSA) is 86.7 Å². The van der Waals surface area contributed by atoms with E-state index in [2.05, 4.69) is 5.32 Å². The molecule has 0 aliphatic carbocycles. The normalized spacial score (nSPS) is 25.6. The SMILES string of the molecule is CS(=O)CCNC(=O)N1CCCC1(C)C(=O)O. The molecule has 1 heterocycles. The molecule has 0 radical (unpaired) electrons. The van der Waals surface area contributed by atoms with Crippen molar-refractivity contribution in [3.8, 4) is 0 Å². The molecule has 0 spiro atoms. The van der Waals surface area contributed by atoms with E-state index in [4.69, 9.17) is 5.11 Å². The van der Waals surface area contributed by atoms with Gasteiger partial charge in [0, 0.05) is 35.9 Å². The minimum absolute atomic E-state index is 0.300. The van der Waals surface area contributed by atoms with E-state index in [-0.39, 0.29) is 0 Å². The predicted octanol–water partition coefficient (Wildman–Crippen LogP) is 0.0136. The quantitative estimate of drug-likeness (QED) is 0.747. The molecule has 0 aromatic heterocycles. The van der Waals surface area contributed by atoms with Crippen LogP contribution < -0.4 is 5.32 Å². The second kappa shape index (κ2) is 5.48. The van der Waals surface area contributed by atoms with Crippen LogP contribution in [0.25, 0.3) is 0 Å². The van der Waals surface area contributed by atoms with Gasteiger partial charge in [-0.25, -0.2) is 9.59 Å². The van der Waals surface area contributed by atoms with Crippen molar-refractivity contribution in [1.82, 2.24) is 10.2 Å². The highest BCUT2D eigenvalue weighted by atomic mass is 32.2. The summed E-state index contributed by atoms with van der Waals surface area (Å²) in [7, 11) is -0.961. The van der Waals surface area contributed by atoms with Gasteiger partial charge in [-0.1, -0.05) is 0 Å². The first-order chi connectivity index (χ1) is 7.88. The molecule has 2 atom stereocenters. The van der Waals surface area contributed by atoms with E-state index < -0.39 is 28.3 Å². The summed E-state index contributed by atoms with van der Waals surface area (Å²) in [5.41, 5.74) is -1.12. The second-order valence-electron chi connectivity index (χ2n) is 4.34. The molecule has 2 N–H and O–H groups in total. The highest BCUT2D eigenvalue weighted by Gasteiger charge is 2.45. The molecule has 1 aliphatic heterocycles. The lowest BCUT2D eigenvalue weighted by Gasteiger charge is -2.31. The molecular formula is C10H18N2O4S. The van der Waals surface area contributed by atoms with Crippen LogP contribution >= 0.6 is 0 Å². The maximum absolute atomic E-state index is 11.8. The van der Waals surface area contributed by atoms with Gasteiger partial charge in [0.25, 0.3) is 0 Å². The molecule has 1 aliphatic rings. The fourth-order valence-electron chi connectivity index (χ4n) is 1.91. The number of hydrogen-bond acceptors (Lipinski definition) is 3. The van der Waals surface area contributed by atoms with Crippen LogP contribution in [0.4, 0.5) is 4.79 Å². The van der Waals surface area contributed by atoms with Gasteiger partial charge >= 0.3 is 12.0 Å². The number of carbonyl (C=O) groups excluding carboxylic acids is 1. The first-order valence-corrected chi connectivity index (χ1v) is 7.19. The Hall–Kier alpha value is -1.11. The Morgan fingerprint density at radius 2 is 2.18 bits per heavy atom. The number of hydrogen-bond donors (Lipinski definition) is 2. The number of aliphatic carboxylic acids is 1. The first kappa shape index (κ1) is 14.0.